The fourth-order valence-electron chi connectivity index (χ4n) is 6.02. The van der Waals surface area contributed by atoms with E-state index in [-0.39, 0.29) is 29.0 Å². The summed E-state index contributed by atoms with van der Waals surface area (Å²) in [5.74, 6) is 0.161. The van der Waals surface area contributed by atoms with Crippen molar-refractivity contribution in [3.05, 3.63) is 34.3 Å². The lowest BCUT2D eigenvalue weighted by molar-refractivity contribution is -0.138. The van der Waals surface area contributed by atoms with Gasteiger partial charge in [-0.25, -0.2) is 0 Å². The lowest BCUT2D eigenvalue weighted by atomic mass is 9.63. The second-order valence-corrected chi connectivity index (χ2v) is 9.33. The molecule has 2 saturated heterocycles. The molecule has 1 N–H and O–H groups in total. The summed E-state index contributed by atoms with van der Waals surface area (Å²) in [7, 11) is 0. The summed E-state index contributed by atoms with van der Waals surface area (Å²) in [5.41, 5.74) is -1.16. The Morgan fingerprint density at radius 1 is 1.23 bits per heavy atom. The highest BCUT2D eigenvalue weighted by Crippen LogP contribution is 2.51. The van der Waals surface area contributed by atoms with Crippen LogP contribution in [0.5, 0.6) is 0 Å². The van der Waals surface area contributed by atoms with Crippen molar-refractivity contribution < 1.29 is 22.8 Å². The van der Waals surface area contributed by atoms with Gasteiger partial charge in [-0.15, -0.1) is 0 Å². The molecule has 1 aromatic rings. The lowest BCUT2D eigenvalue weighted by Gasteiger charge is -2.52. The number of hydrogen-bond acceptors (Lipinski definition) is 2. The van der Waals surface area contributed by atoms with Gasteiger partial charge in [-0.2, -0.15) is 13.2 Å². The topological polar surface area (TPSA) is 49.4 Å². The summed E-state index contributed by atoms with van der Waals surface area (Å²) in [6.07, 6.45) is 1.30. The molecule has 3 aliphatic rings. The minimum atomic E-state index is -4.61. The molecule has 1 aliphatic carbocycles. The Labute approximate surface area is 179 Å². The van der Waals surface area contributed by atoms with Crippen molar-refractivity contribution >= 4 is 23.4 Å². The number of alkyl halides is 3. The van der Waals surface area contributed by atoms with E-state index < -0.39 is 22.7 Å². The van der Waals surface area contributed by atoms with Gasteiger partial charge in [0.25, 0.3) is 5.91 Å². The zero-order chi connectivity index (χ0) is 21.7. The highest BCUT2D eigenvalue weighted by molar-refractivity contribution is 6.31. The minimum Gasteiger partial charge on any atom is -0.349 e. The lowest BCUT2D eigenvalue weighted by Crippen LogP contribution is -2.59. The molecule has 1 saturated carbocycles. The van der Waals surface area contributed by atoms with E-state index in [1.807, 2.05) is 0 Å². The van der Waals surface area contributed by atoms with E-state index in [1.54, 1.807) is 0 Å². The second kappa shape index (κ2) is 7.74. The first-order chi connectivity index (χ1) is 14.1. The number of carbonyl (C=O) groups excluding carboxylic acids is 2. The Morgan fingerprint density at radius 3 is 2.73 bits per heavy atom. The maximum Gasteiger partial charge on any atom is 0.417 e. The van der Waals surface area contributed by atoms with Gasteiger partial charge in [-0.3, -0.25) is 9.59 Å². The van der Waals surface area contributed by atoms with E-state index in [0.29, 0.717) is 18.8 Å². The summed E-state index contributed by atoms with van der Waals surface area (Å²) >= 11 is 5.67. The molecule has 164 valence electrons. The normalized spacial score (nSPS) is 31.7. The van der Waals surface area contributed by atoms with Crippen LogP contribution in [0.1, 0.15) is 67.8 Å². The van der Waals surface area contributed by atoms with Gasteiger partial charge in [0.15, 0.2) is 0 Å². The monoisotopic (exact) mass is 442 g/mol. The number of hydrogen-bond donors (Lipinski definition) is 1. The van der Waals surface area contributed by atoms with Crippen LogP contribution < -0.4 is 5.32 Å². The molecule has 0 bridgehead atoms. The van der Waals surface area contributed by atoms with Gasteiger partial charge in [-0.05, 0) is 68.6 Å². The van der Waals surface area contributed by atoms with Crippen molar-refractivity contribution in [2.75, 3.05) is 6.54 Å². The number of halogens is 4. The molecule has 2 amide bonds. The van der Waals surface area contributed by atoms with Crippen LogP contribution in [-0.2, 0) is 11.0 Å². The maximum absolute atomic E-state index is 13.1. The summed E-state index contributed by atoms with van der Waals surface area (Å²) in [4.78, 5) is 27.5. The highest BCUT2D eigenvalue weighted by Gasteiger charge is 2.55. The van der Waals surface area contributed by atoms with Gasteiger partial charge in [0, 0.05) is 30.1 Å². The molecule has 1 spiro atoms. The van der Waals surface area contributed by atoms with Crippen LogP contribution in [0.3, 0.4) is 0 Å². The first kappa shape index (κ1) is 21.5. The zero-order valence-corrected chi connectivity index (χ0v) is 17.7. The van der Waals surface area contributed by atoms with Crippen LogP contribution >= 0.6 is 11.6 Å². The van der Waals surface area contributed by atoms with Crippen LogP contribution in [0.4, 0.5) is 13.2 Å². The Bertz CT molecular complexity index is 859. The van der Waals surface area contributed by atoms with E-state index in [2.05, 4.69) is 17.1 Å². The van der Waals surface area contributed by atoms with Gasteiger partial charge in [0.1, 0.15) is 0 Å². The molecule has 0 unspecified atom stereocenters. The fraction of sp³-hybridized carbons (Fsp3) is 0.636. The molecule has 0 aromatic heterocycles. The molecule has 8 heteroatoms. The molecular weight excluding hydrogens is 417 g/mol. The maximum atomic E-state index is 13.1. The summed E-state index contributed by atoms with van der Waals surface area (Å²) in [6, 6.07) is 3.13. The standard InChI is InChI=1S/C22H26ClF3N2O2/c1-13-15-4-2-5-19(29)28-11-3-9-21(15,28)10-8-18(13)27-20(30)14-6-7-17(23)16(12-14)22(24,25)26/h6-7,12-13,15,18H,2-5,8-11H2,1H3,(H,27,30)/t13-,15+,18+,21-/m1/s1. The van der Waals surface area contributed by atoms with Gasteiger partial charge < -0.3 is 10.2 Å². The molecule has 4 rings (SSSR count). The molecular formula is C22H26ClF3N2O2. The molecule has 3 fully saturated rings. The van der Waals surface area contributed by atoms with Gasteiger partial charge in [0.05, 0.1) is 10.6 Å². The van der Waals surface area contributed by atoms with Crippen molar-refractivity contribution in [1.29, 1.82) is 0 Å². The number of benzene rings is 1. The fourth-order valence-corrected chi connectivity index (χ4v) is 6.25. The predicted molar refractivity (Wildman–Crippen MR) is 107 cm³/mol. The quantitative estimate of drug-likeness (QED) is 0.696. The molecule has 4 atom stereocenters. The second-order valence-electron chi connectivity index (χ2n) is 8.92. The summed E-state index contributed by atoms with van der Waals surface area (Å²) in [5, 5.41) is 2.55. The number of amides is 2. The van der Waals surface area contributed by atoms with Crippen LogP contribution in [0.15, 0.2) is 18.2 Å². The van der Waals surface area contributed by atoms with Crippen LogP contribution in [0.2, 0.25) is 5.02 Å². The molecule has 4 nitrogen and oxygen atoms in total. The first-order valence-electron chi connectivity index (χ1n) is 10.6. The Hall–Kier alpha value is -1.76. The number of nitrogens with one attached hydrogen (secondary N) is 1. The van der Waals surface area contributed by atoms with Gasteiger partial charge in [-0.1, -0.05) is 18.5 Å². The number of rotatable bonds is 2. The average molecular weight is 443 g/mol. The summed E-state index contributed by atoms with van der Waals surface area (Å²) in [6.45, 7) is 2.91. The third kappa shape index (κ3) is 3.59. The molecule has 2 heterocycles. The predicted octanol–water partition coefficient (Wildman–Crippen LogP) is 5.05. The molecule has 30 heavy (non-hydrogen) atoms. The minimum absolute atomic E-state index is 0.0438. The smallest absolute Gasteiger partial charge is 0.349 e. The van der Waals surface area contributed by atoms with Crippen molar-refractivity contribution in [3.8, 4) is 0 Å². The third-order valence-electron chi connectivity index (χ3n) is 7.43. The molecule has 1 aromatic carbocycles. The van der Waals surface area contributed by atoms with E-state index >= 15 is 0 Å². The van der Waals surface area contributed by atoms with E-state index in [1.165, 1.54) is 6.07 Å². The highest BCUT2D eigenvalue weighted by atomic mass is 35.5. The molecule has 0 radical (unpaired) electrons. The zero-order valence-electron chi connectivity index (χ0n) is 16.9. The van der Waals surface area contributed by atoms with E-state index in [4.69, 9.17) is 11.6 Å². The molecule has 2 aliphatic heterocycles. The SMILES string of the molecule is C[C@H]1[C@@H](NC(=O)c2ccc(Cl)c(C(F)(F)F)c2)CC[C@@]23CCCN2C(=O)CCC[C@@H]13. The Kier molecular flexibility index (Phi) is 5.54. The van der Waals surface area contributed by atoms with Gasteiger partial charge >= 0.3 is 6.18 Å². The van der Waals surface area contributed by atoms with Crippen molar-refractivity contribution in [3.63, 3.8) is 0 Å². The number of carbonyl (C=O) groups is 2. The van der Waals surface area contributed by atoms with Crippen molar-refractivity contribution in [1.82, 2.24) is 10.2 Å². The summed E-state index contributed by atoms with van der Waals surface area (Å²) < 4.78 is 39.4. The number of nitrogens with zero attached hydrogens (tertiary/aromatic N) is 1. The van der Waals surface area contributed by atoms with Crippen molar-refractivity contribution in [2.24, 2.45) is 11.8 Å². The van der Waals surface area contributed by atoms with Crippen LogP contribution in [-0.4, -0.2) is 34.8 Å². The Balaban J connectivity index is 1.53. The van der Waals surface area contributed by atoms with Gasteiger partial charge in [0.2, 0.25) is 5.91 Å². The Morgan fingerprint density at radius 2 is 2.00 bits per heavy atom. The first-order valence-corrected chi connectivity index (χ1v) is 11.0. The van der Waals surface area contributed by atoms with E-state index in [0.717, 1.165) is 50.8 Å². The average Bonchev–Trinajstić information content (AvgIpc) is 3.04. The van der Waals surface area contributed by atoms with Crippen LogP contribution in [0, 0.1) is 11.8 Å². The van der Waals surface area contributed by atoms with E-state index in [9.17, 15) is 22.8 Å². The third-order valence-corrected chi connectivity index (χ3v) is 7.76. The largest absolute Gasteiger partial charge is 0.417 e. The van der Waals surface area contributed by atoms with Crippen LogP contribution in [0.25, 0.3) is 0 Å². The van der Waals surface area contributed by atoms with Crippen molar-refractivity contribution in [2.45, 2.75) is 69.6 Å².